The summed E-state index contributed by atoms with van der Waals surface area (Å²) in [5, 5.41) is 9.48. The van der Waals surface area contributed by atoms with E-state index in [1.54, 1.807) is 18.0 Å². The standard InChI is InChI=1S/C20H21N5S/c1-3-20(11-21)12-25(13-20)19-15(8-14(10-23-19)26-4-2)17-9-18-16(24-17)6-5-7-22-18/h5-10,24H,3-4,12-13H2,1-2H3. The smallest absolute Gasteiger partial charge is 0.138 e. The van der Waals surface area contributed by atoms with E-state index in [0.717, 1.165) is 58.3 Å². The topological polar surface area (TPSA) is 68.6 Å². The summed E-state index contributed by atoms with van der Waals surface area (Å²) in [7, 11) is 0. The van der Waals surface area contributed by atoms with Crippen LogP contribution in [0.25, 0.3) is 22.3 Å². The minimum absolute atomic E-state index is 0.238. The molecule has 0 atom stereocenters. The molecule has 6 heteroatoms. The molecule has 4 heterocycles. The average molecular weight is 363 g/mol. The first-order chi connectivity index (χ1) is 12.7. The first-order valence-electron chi connectivity index (χ1n) is 8.91. The minimum Gasteiger partial charge on any atom is -0.353 e. The second-order valence-corrected chi connectivity index (χ2v) is 8.03. The number of rotatable bonds is 5. The Balaban J connectivity index is 1.76. The van der Waals surface area contributed by atoms with Crippen LogP contribution in [0.2, 0.25) is 0 Å². The van der Waals surface area contributed by atoms with Gasteiger partial charge in [0.1, 0.15) is 5.82 Å². The lowest BCUT2D eigenvalue weighted by Crippen LogP contribution is -2.55. The highest BCUT2D eigenvalue weighted by molar-refractivity contribution is 7.99. The van der Waals surface area contributed by atoms with Crippen molar-refractivity contribution >= 4 is 28.6 Å². The molecule has 0 aliphatic carbocycles. The van der Waals surface area contributed by atoms with Gasteiger partial charge in [0.15, 0.2) is 0 Å². The molecule has 1 N–H and O–H groups in total. The van der Waals surface area contributed by atoms with Crippen molar-refractivity contribution in [2.24, 2.45) is 5.41 Å². The molecule has 0 spiro atoms. The van der Waals surface area contributed by atoms with E-state index >= 15 is 0 Å². The second kappa shape index (κ2) is 6.65. The van der Waals surface area contributed by atoms with Crippen LogP contribution in [0.3, 0.4) is 0 Å². The van der Waals surface area contributed by atoms with Gasteiger partial charge in [-0.05, 0) is 36.4 Å². The second-order valence-electron chi connectivity index (χ2n) is 6.70. The number of hydrogen-bond acceptors (Lipinski definition) is 5. The zero-order valence-corrected chi connectivity index (χ0v) is 15.8. The van der Waals surface area contributed by atoms with Gasteiger partial charge >= 0.3 is 0 Å². The predicted octanol–water partition coefficient (Wildman–Crippen LogP) is 4.48. The zero-order chi connectivity index (χ0) is 18.1. The SMILES string of the molecule is CCSc1cnc(N2CC(C#N)(CC)C2)c(-c2cc3ncccc3[nH]2)c1. The fraction of sp³-hybridized carbons (Fsp3) is 0.350. The molecule has 0 bridgehead atoms. The highest BCUT2D eigenvalue weighted by Gasteiger charge is 2.43. The van der Waals surface area contributed by atoms with E-state index in [2.05, 4.69) is 46.9 Å². The molecule has 1 fully saturated rings. The van der Waals surface area contributed by atoms with E-state index in [1.807, 2.05) is 18.3 Å². The number of nitrogens with zero attached hydrogens (tertiary/aromatic N) is 4. The van der Waals surface area contributed by atoms with E-state index in [0.29, 0.717) is 0 Å². The molecule has 0 amide bonds. The highest BCUT2D eigenvalue weighted by Crippen LogP contribution is 2.41. The molecule has 26 heavy (non-hydrogen) atoms. The number of pyridine rings is 2. The number of hydrogen-bond donors (Lipinski definition) is 1. The first-order valence-corrected chi connectivity index (χ1v) is 9.90. The Hall–Kier alpha value is -2.52. The Kier molecular flexibility index (Phi) is 4.33. The van der Waals surface area contributed by atoms with Crippen molar-refractivity contribution in [3.63, 3.8) is 0 Å². The number of aromatic amines is 1. The fourth-order valence-corrected chi connectivity index (χ4v) is 4.10. The fourth-order valence-electron chi connectivity index (χ4n) is 3.44. The Morgan fingerprint density at radius 3 is 2.85 bits per heavy atom. The van der Waals surface area contributed by atoms with Crippen LogP contribution in [0.5, 0.6) is 0 Å². The summed E-state index contributed by atoms with van der Waals surface area (Å²) in [6.45, 7) is 5.69. The number of H-pyrrole nitrogens is 1. The quantitative estimate of drug-likeness (QED) is 0.677. The van der Waals surface area contributed by atoms with Crippen LogP contribution < -0.4 is 4.90 Å². The molecule has 5 nitrogen and oxygen atoms in total. The van der Waals surface area contributed by atoms with Crippen molar-refractivity contribution < 1.29 is 0 Å². The maximum absolute atomic E-state index is 9.48. The van der Waals surface area contributed by atoms with Gasteiger partial charge < -0.3 is 9.88 Å². The Morgan fingerprint density at radius 2 is 2.15 bits per heavy atom. The van der Waals surface area contributed by atoms with Gasteiger partial charge in [0.25, 0.3) is 0 Å². The third-order valence-corrected chi connectivity index (χ3v) is 5.88. The van der Waals surface area contributed by atoms with Crippen molar-refractivity contribution in [3.8, 4) is 17.3 Å². The van der Waals surface area contributed by atoms with Crippen LogP contribution in [0.1, 0.15) is 20.3 Å². The van der Waals surface area contributed by atoms with Gasteiger partial charge in [-0.25, -0.2) is 4.98 Å². The van der Waals surface area contributed by atoms with Crippen LogP contribution in [0, 0.1) is 16.7 Å². The van der Waals surface area contributed by atoms with Gasteiger partial charge in [-0.15, -0.1) is 11.8 Å². The molecular formula is C20H21N5S. The van der Waals surface area contributed by atoms with Crippen molar-refractivity contribution in [2.75, 3.05) is 23.7 Å². The minimum atomic E-state index is -0.238. The molecule has 132 valence electrons. The molecule has 0 unspecified atom stereocenters. The molecule has 1 saturated heterocycles. The molecule has 3 aromatic heterocycles. The Labute approximate surface area is 157 Å². The van der Waals surface area contributed by atoms with Gasteiger partial charge in [-0.2, -0.15) is 5.26 Å². The number of nitriles is 1. The summed E-state index contributed by atoms with van der Waals surface area (Å²) >= 11 is 1.78. The molecule has 1 aliphatic rings. The maximum Gasteiger partial charge on any atom is 0.138 e. The molecule has 4 rings (SSSR count). The third kappa shape index (κ3) is 2.82. The first kappa shape index (κ1) is 16.9. The molecule has 0 aromatic carbocycles. The van der Waals surface area contributed by atoms with Gasteiger partial charge in [0.05, 0.1) is 28.2 Å². The predicted molar refractivity (Wildman–Crippen MR) is 106 cm³/mol. The van der Waals surface area contributed by atoms with E-state index in [9.17, 15) is 5.26 Å². The van der Waals surface area contributed by atoms with Gasteiger partial charge in [-0.1, -0.05) is 13.8 Å². The summed E-state index contributed by atoms with van der Waals surface area (Å²) in [5.74, 6) is 1.95. The number of thioether (sulfide) groups is 1. The summed E-state index contributed by atoms with van der Waals surface area (Å²) < 4.78 is 0. The zero-order valence-electron chi connectivity index (χ0n) is 15.0. The maximum atomic E-state index is 9.48. The lowest BCUT2D eigenvalue weighted by Gasteiger charge is -2.46. The van der Waals surface area contributed by atoms with Crippen LogP contribution >= 0.6 is 11.8 Å². The Bertz CT molecular complexity index is 948. The van der Waals surface area contributed by atoms with Crippen molar-refractivity contribution in [3.05, 3.63) is 36.7 Å². The van der Waals surface area contributed by atoms with E-state index in [-0.39, 0.29) is 5.41 Å². The lowest BCUT2D eigenvalue weighted by atomic mass is 9.79. The lowest BCUT2D eigenvalue weighted by molar-refractivity contribution is 0.290. The van der Waals surface area contributed by atoms with E-state index in [4.69, 9.17) is 4.98 Å². The molecule has 3 aromatic rings. The summed E-state index contributed by atoms with van der Waals surface area (Å²) in [4.78, 5) is 16.0. The summed E-state index contributed by atoms with van der Waals surface area (Å²) in [5.41, 5.74) is 3.82. The van der Waals surface area contributed by atoms with Crippen molar-refractivity contribution in [2.45, 2.75) is 25.2 Å². The summed E-state index contributed by atoms with van der Waals surface area (Å²) in [6, 6.07) is 10.7. The van der Waals surface area contributed by atoms with Crippen LogP contribution in [0.15, 0.2) is 41.6 Å². The summed E-state index contributed by atoms with van der Waals surface area (Å²) in [6.07, 6.45) is 4.61. The monoisotopic (exact) mass is 363 g/mol. The molecule has 0 radical (unpaired) electrons. The number of nitrogens with one attached hydrogen (secondary N) is 1. The number of anilines is 1. The normalized spacial score (nSPS) is 15.7. The van der Waals surface area contributed by atoms with Crippen LogP contribution in [-0.2, 0) is 0 Å². The average Bonchev–Trinajstić information content (AvgIpc) is 3.07. The van der Waals surface area contributed by atoms with Gasteiger partial charge in [0, 0.05) is 35.9 Å². The van der Waals surface area contributed by atoms with Gasteiger partial charge in [0.2, 0.25) is 0 Å². The third-order valence-electron chi connectivity index (χ3n) is 5.03. The Morgan fingerprint density at radius 1 is 1.31 bits per heavy atom. The van der Waals surface area contributed by atoms with Gasteiger partial charge in [-0.3, -0.25) is 4.98 Å². The van der Waals surface area contributed by atoms with Crippen molar-refractivity contribution in [1.29, 1.82) is 5.26 Å². The molecule has 1 aliphatic heterocycles. The number of aromatic nitrogens is 3. The van der Waals surface area contributed by atoms with Crippen LogP contribution in [-0.4, -0.2) is 33.8 Å². The number of fused-ring (bicyclic) bond motifs is 1. The molecule has 0 saturated carbocycles. The molecular weight excluding hydrogens is 342 g/mol. The van der Waals surface area contributed by atoms with E-state index < -0.39 is 0 Å². The van der Waals surface area contributed by atoms with Crippen LogP contribution in [0.4, 0.5) is 5.82 Å². The largest absolute Gasteiger partial charge is 0.353 e. The van der Waals surface area contributed by atoms with Crippen molar-refractivity contribution in [1.82, 2.24) is 15.0 Å². The highest BCUT2D eigenvalue weighted by atomic mass is 32.2. The van der Waals surface area contributed by atoms with E-state index in [1.165, 1.54) is 0 Å².